The molecule has 4 nitrogen and oxygen atoms in total. The molecule has 0 spiro atoms. The van der Waals surface area contributed by atoms with Crippen molar-refractivity contribution in [2.24, 2.45) is 0 Å². The van der Waals surface area contributed by atoms with E-state index < -0.39 is 5.82 Å². The van der Waals surface area contributed by atoms with Gasteiger partial charge in [-0.3, -0.25) is 9.69 Å². The van der Waals surface area contributed by atoms with Crippen LogP contribution in [0.4, 0.5) is 15.8 Å². The van der Waals surface area contributed by atoms with Crippen LogP contribution in [-0.4, -0.2) is 17.9 Å². The molecule has 3 heterocycles. The minimum atomic E-state index is -0.417. The largest absolute Gasteiger partial charge is 0.349 e. The van der Waals surface area contributed by atoms with Gasteiger partial charge in [0, 0.05) is 23.0 Å². The summed E-state index contributed by atoms with van der Waals surface area (Å²) >= 11 is 3.24. The number of carbonyl (C=O) groups excluding carboxylic acids is 1. The lowest BCUT2D eigenvalue weighted by molar-refractivity contribution is 0.0969. The van der Waals surface area contributed by atoms with Crippen molar-refractivity contribution in [1.29, 1.82) is 0 Å². The van der Waals surface area contributed by atoms with Crippen molar-refractivity contribution in [3.63, 3.8) is 0 Å². The van der Waals surface area contributed by atoms with Crippen molar-refractivity contribution in [1.82, 2.24) is 4.98 Å². The third-order valence-corrected chi connectivity index (χ3v) is 7.11. The molecule has 1 atom stereocenters. The molecule has 7 heteroatoms. The van der Waals surface area contributed by atoms with Gasteiger partial charge in [0.2, 0.25) is 0 Å². The maximum absolute atomic E-state index is 13.9. The first-order valence-electron chi connectivity index (χ1n) is 9.46. The fourth-order valence-corrected chi connectivity index (χ4v) is 5.60. The predicted octanol–water partition coefficient (Wildman–Crippen LogP) is 6.11. The number of rotatable bonds is 3. The molecule has 5 rings (SSSR count). The van der Waals surface area contributed by atoms with E-state index in [1.165, 1.54) is 12.1 Å². The molecule has 1 amide bonds. The first-order valence-corrected chi connectivity index (χ1v) is 11.2. The zero-order valence-electron chi connectivity index (χ0n) is 16.4. The van der Waals surface area contributed by atoms with E-state index in [2.05, 4.69) is 11.1 Å². The smallest absolute Gasteiger partial charge is 0.262 e. The number of amides is 1. The standard InChI is InChI=1S/C23H18FN3OS2/c1-14-25-18(13-29-14)20-10-11-21(30-20)22-26(2)19-9-8-15(24)12-17(19)23(28)27(22)16-6-4-3-5-7-16/h3-13,22H,1-2H3/t22-/m1/s1. The SMILES string of the molecule is Cc1nc(-c2ccc([C@@H]3N(C)c4ccc(F)cc4C(=O)N3c3ccccc3)s2)cs1. The number of benzene rings is 2. The molecule has 0 bridgehead atoms. The lowest BCUT2D eigenvalue weighted by Gasteiger charge is -2.43. The van der Waals surface area contributed by atoms with Gasteiger partial charge in [0.05, 0.1) is 26.8 Å². The van der Waals surface area contributed by atoms with Crippen LogP contribution >= 0.6 is 22.7 Å². The quantitative estimate of drug-likeness (QED) is 0.389. The molecule has 0 aliphatic carbocycles. The number of carbonyl (C=O) groups is 1. The van der Waals surface area contributed by atoms with Crippen LogP contribution in [0.5, 0.6) is 0 Å². The molecule has 2 aromatic carbocycles. The second-order valence-electron chi connectivity index (χ2n) is 7.11. The van der Waals surface area contributed by atoms with E-state index in [1.54, 1.807) is 33.6 Å². The third kappa shape index (κ3) is 3.11. The maximum atomic E-state index is 13.9. The Balaban J connectivity index is 1.65. The van der Waals surface area contributed by atoms with Crippen LogP contribution in [0.15, 0.2) is 66.0 Å². The number of anilines is 2. The second kappa shape index (κ2) is 7.34. The molecule has 0 fully saturated rings. The van der Waals surface area contributed by atoms with E-state index in [-0.39, 0.29) is 12.1 Å². The zero-order valence-corrected chi connectivity index (χ0v) is 18.0. The van der Waals surface area contributed by atoms with E-state index in [4.69, 9.17) is 0 Å². The van der Waals surface area contributed by atoms with Gasteiger partial charge in [-0.05, 0) is 49.4 Å². The van der Waals surface area contributed by atoms with Gasteiger partial charge in [-0.25, -0.2) is 9.37 Å². The van der Waals surface area contributed by atoms with Gasteiger partial charge in [-0.1, -0.05) is 18.2 Å². The normalized spacial score (nSPS) is 16.1. The van der Waals surface area contributed by atoms with Crippen LogP contribution in [0.2, 0.25) is 0 Å². The summed E-state index contributed by atoms with van der Waals surface area (Å²) < 4.78 is 13.9. The number of aryl methyl sites for hydroxylation is 1. The Morgan fingerprint density at radius 3 is 2.60 bits per heavy atom. The van der Waals surface area contributed by atoms with E-state index in [9.17, 15) is 9.18 Å². The van der Waals surface area contributed by atoms with Crippen LogP contribution in [-0.2, 0) is 0 Å². The second-order valence-corrected chi connectivity index (χ2v) is 9.29. The number of para-hydroxylation sites is 1. The van der Waals surface area contributed by atoms with Gasteiger partial charge in [0.15, 0.2) is 0 Å². The minimum absolute atomic E-state index is 0.210. The van der Waals surface area contributed by atoms with Crippen molar-refractivity contribution in [2.45, 2.75) is 13.1 Å². The number of hydrogen-bond donors (Lipinski definition) is 0. The minimum Gasteiger partial charge on any atom is -0.349 e. The molecule has 0 N–H and O–H groups in total. The van der Waals surface area contributed by atoms with E-state index in [0.717, 1.165) is 31.8 Å². The Morgan fingerprint density at radius 2 is 1.87 bits per heavy atom. The molecule has 1 aliphatic heterocycles. The van der Waals surface area contributed by atoms with Gasteiger partial charge in [0.1, 0.15) is 12.0 Å². The van der Waals surface area contributed by atoms with E-state index >= 15 is 0 Å². The Bertz CT molecular complexity index is 1230. The Morgan fingerprint density at radius 1 is 1.07 bits per heavy atom. The number of hydrogen-bond acceptors (Lipinski definition) is 5. The predicted molar refractivity (Wildman–Crippen MR) is 121 cm³/mol. The molecular formula is C23H18FN3OS2. The van der Waals surface area contributed by atoms with Gasteiger partial charge in [-0.15, -0.1) is 22.7 Å². The van der Waals surface area contributed by atoms with Crippen molar-refractivity contribution >= 4 is 40.0 Å². The highest BCUT2D eigenvalue weighted by atomic mass is 32.1. The number of halogens is 1. The number of thiazole rings is 1. The Labute approximate surface area is 181 Å². The summed E-state index contributed by atoms with van der Waals surface area (Å²) in [6.07, 6.45) is -0.337. The van der Waals surface area contributed by atoms with Crippen molar-refractivity contribution in [3.05, 3.63) is 87.3 Å². The molecule has 2 aromatic heterocycles. The number of aromatic nitrogens is 1. The lowest BCUT2D eigenvalue weighted by atomic mass is 10.0. The molecule has 0 unspecified atom stereocenters. The highest BCUT2D eigenvalue weighted by Gasteiger charge is 2.38. The molecule has 150 valence electrons. The van der Waals surface area contributed by atoms with Gasteiger partial charge in [0.25, 0.3) is 5.91 Å². The third-order valence-electron chi connectivity index (χ3n) is 5.19. The first kappa shape index (κ1) is 19.0. The molecule has 0 saturated carbocycles. The number of fused-ring (bicyclic) bond motifs is 1. The average Bonchev–Trinajstić information content (AvgIpc) is 3.40. The lowest BCUT2D eigenvalue weighted by Crippen LogP contribution is -2.48. The van der Waals surface area contributed by atoms with Crippen LogP contribution in [0.1, 0.15) is 26.4 Å². The summed E-state index contributed by atoms with van der Waals surface area (Å²) in [6.45, 7) is 1.99. The topological polar surface area (TPSA) is 36.4 Å². The van der Waals surface area contributed by atoms with E-state index in [0.29, 0.717) is 5.56 Å². The van der Waals surface area contributed by atoms with Gasteiger partial charge in [-0.2, -0.15) is 0 Å². The molecule has 4 aromatic rings. The summed E-state index contributed by atoms with van der Waals surface area (Å²) in [5, 5.41) is 3.07. The fraction of sp³-hybridized carbons (Fsp3) is 0.130. The molecule has 0 saturated heterocycles. The van der Waals surface area contributed by atoms with Gasteiger partial charge >= 0.3 is 0 Å². The number of thiophene rings is 1. The maximum Gasteiger partial charge on any atom is 0.262 e. The Kier molecular flexibility index (Phi) is 4.64. The van der Waals surface area contributed by atoms with Gasteiger partial charge < -0.3 is 4.90 Å². The molecule has 0 radical (unpaired) electrons. The highest BCUT2D eigenvalue weighted by molar-refractivity contribution is 7.16. The highest BCUT2D eigenvalue weighted by Crippen LogP contribution is 2.43. The van der Waals surface area contributed by atoms with Crippen LogP contribution in [0, 0.1) is 12.7 Å². The summed E-state index contributed by atoms with van der Waals surface area (Å²) in [5.41, 5.74) is 2.81. The monoisotopic (exact) mass is 435 g/mol. The van der Waals surface area contributed by atoms with Crippen molar-refractivity contribution in [2.75, 3.05) is 16.8 Å². The number of nitrogens with zero attached hydrogens (tertiary/aromatic N) is 3. The average molecular weight is 436 g/mol. The summed E-state index contributed by atoms with van der Waals surface area (Å²) in [5.74, 6) is -0.627. The zero-order chi connectivity index (χ0) is 20.8. The molecule has 30 heavy (non-hydrogen) atoms. The summed E-state index contributed by atoms with van der Waals surface area (Å²) in [7, 11) is 1.94. The summed E-state index contributed by atoms with van der Waals surface area (Å²) in [4.78, 5) is 23.9. The van der Waals surface area contributed by atoms with Crippen LogP contribution in [0.3, 0.4) is 0 Å². The molecule has 1 aliphatic rings. The summed E-state index contributed by atoms with van der Waals surface area (Å²) in [6, 6.07) is 18.0. The Hall–Kier alpha value is -3.03. The first-order chi connectivity index (χ1) is 14.5. The molecular weight excluding hydrogens is 417 g/mol. The van der Waals surface area contributed by atoms with E-state index in [1.807, 2.05) is 60.6 Å². The van der Waals surface area contributed by atoms with Crippen LogP contribution in [0.25, 0.3) is 10.6 Å². The van der Waals surface area contributed by atoms with Crippen molar-refractivity contribution in [3.8, 4) is 10.6 Å². The fourth-order valence-electron chi connectivity index (χ4n) is 3.80. The van der Waals surface area contributed by atoms with Crippen molar-refractivity contribution < 1.29 is 9.18 Å². The van der Waals surface area contributed by atoms with Crippen LogP contribution < -0.4 is 9.80 Å².